The first-order chi connectivity index (χ1) is 58.7. The van der Waals surface area contributed by atoms with Crippen LogP contribution in [0.4, 0.5) is 5.82 Å². The van der Waals surface area contributed by atoms with E-state index in [9.17, 15) is 95.1 Å². The van der Waals surface area contributed by atoms with Crippen LogP contribution >= 0.6 is 0 Å². The van der Waals surface area contributed by atoms with E-state index in [2.05, 4.69) is 95.0 Å². The average molecular weight is 1720 g/mol. The Hall–Kier alpha value is -14.1. The van der Waals surface area contributed by atoms with E-state index in [0.717, 1.165) is 27.7 Å². The number of carboxylic acid groups (broad SMARTS) is 2. The molecule has 9 atom stereocenters. The Bertz CT molecular complexity index is 5040. The predicted octanol–water partition coefficient (Wildman–Crippen LogP) is -1.53. The highest BCUT2D eigenvalue weighted by Gasteiger charge is 2.37. The first-order valence-corrected chi connectivity index (χ1v) is 40.9. The summed E-state index contributed by atoms with van der Waals surface area (Å²) in [6.45, 7) is -1.97. The van der Waals surface area contributed by atoms with Crippen LogP contribution in [0.2, 0.25) is 0 Å². The molecule has 0 spiro atoms. The molecule has 2 aliphatic heterocycles. The number of nitrogens with zero attached hydrogens (tertiary/aromatic N) is 3. The first-order valence-electron chi connectivity index (χ1n) is 39.5. The molecule has 2 saturated heterocycles. The molecule has 0 aliphatic carbocycles. The van der Waals surface area contributed by atoms with Crippen molar-refractivity contribution < 1.29 is 95.1 Å². The standard InChI is InChI=1S/C80H100N22O20S/c81-79(82)87-33-11-20-53-71(112)90-43-65(104)93-60(39-67(106)107)77(118)100-58(37-45-23-25-47-13-1-3-15-49(47)35-45)75(116)98-55(73(114)96-53)18-7-9-31-85-64(103)30-28-57(95-69(110)52-27-29-63(89-41-52)102-92-42-51-17-5-6-22-62(51)123(120,121)122)70(111)86-32-10-8-19-56-74(115)97-54(21-12-34-88-80(83)84)72(113)91-44-66(105)94-61(40-68(108)109)78(119)101-59(76(117)99-56)38-46-24-26-48-14-2-4-16-50(48)36-46/h1-6,13-17,22-27,29,35-36,41,53-61H,7-12,18-21,28,30-34,37-40,42-44H2,(H,85,103)(H,86,111)(H,90,112)(H,91,113)(H,93,104)(H,94,105)(H,95,110)(H,96,114)(H,97,115)(H,98,116)(H,99,117)(H,100,118)(H,101,119)(H,106,107)(H,108,109)(H4,81,82,87)(H4,83,84,88)(H,120,121,122)/t53-,54-,55-,56-,57?,58+,59+,60-,61-/m0/s1. The Kier molecular flexibility index (Phi) is 36.1. The highest BCUT2D eigenvalue weighted by molar-refractivity contribution is 7.85. The van der Waals surface area contributed by atoms with Gasteiger partial charge < -0.3 is 101 Å². The van der Waals surface area contributed by atoms with Crippen molar-refractivity contribution in [3.63, 3.8) is 0 Å². The zero-order chi connectivity index (χ0) is 89.1. The number of unbranched alkanes of at least 4 members (excludes halogenated alkanes) is 2. The molecule has 6 aromatic rings. The van der Waals surface area contributed by atoms with Gasteiger partial charge >= 0.3 is 11.9 Å². The number of pyridine rings is 1. The van der Waals surface area contributed by atoms with Crippen molar-refractivity contribution in [1.82, 2.24) is 84.7 Å². The molecule has 3 heterocycles. The SMILES string of the molecule is N=C(N)NCCC[C@@H]1NC(=O)[C@H](CCCCNC(=O)CCC(NC(=O)c2ccc(N=NCc3ccccc3S(=O)(=O)O)nc2)C(=O)NCCCC[C@@H]2NC(=O)[C@@H](Cc3ccc4ccccc4c3)NC(=O)[C@H](CC(=O)O)NC(=O)CNC(=O)[C@H](CCCNC(=N)N)NC2=O)NC(=O)[C@@H](Cc2ccc3ccccc3c2)NC(=O)[C@H](CC(=O)O)NC(=O)CNC1=O. The number of aromatic nitrogens is 1. The quantitative estimate of drug-likeness (QED) is 0.00697. The van der Waals surface area contributed by atoms with Gasteiger partial charge in [0.25, 0.3) is 16.0 Å². The molecule has 2 aliphatic rings. The zero-order valence-electron chi connectivity index (χ0n) is 66.8. The summed E-state index contributed by atoms with van der Waals surface area (Å²) in [6, 6.07) is 19.4. The smallest absolute Gasteiger partial charge is 0.305 e. The summed E-state index contributed by atoms with van der Waals surface area (Å²) in [5, 5.41) is 84.3. The van der Waals surface area contributed by atoms with Gasteiger partial charge in [-0.05, 0) is 127 Å². The molecule has 0 bridgehead atoms. The summed E-state index contributed by atoms with van der Waals surface area (Å²) >= 11 is 0. The van der Waals surface area contributed by atoms with Crippen molar-refractivity contribution in [2.75, 3.05) is 39.3 Å². The molecule has 43 heteroatoms. The second kappa shape index (κ2) is 47.0. The van der Waals surface area contributed by atoms with Crippen LogP contribution in [0.1, 0.15) is 117 Å². The highest BCUT2D eigenvalue weighted by Crippen LogP contribution is 2.22. The van der Waals surface area contributed by atoms with Crippen molar-refractivity contribution in [2.45, 2.75) is 169 Å². The summed E-state index contributed by atoms with van der Waals surface area (Å²) in [5.74, 6) is -15.6. The van der Waals surface area contributed by atoms with Crippen LogP contribution in [0, 0.1) is 10.8 Å². The van der Waals surface area contributed by atoms with Crippen LogP contribution in [0.25, 0.3) is 21.5 Å². The summed E-state index contributed by atoms with van der Waals surface area (Å²) in [5.41, 5.74) is 12.0. The Labute approximate surface area is 704 Å². The van der Waals surface area contributed by atoms with Crippen molar-refractivity contribution in [2.24, 2.45) is 21.7 Å². The number of nitrogens with one attached hydrogen (secondary N) is 17. The number of hydrogen-bond acceptors (Lipinski definition) is 22. The lowest BCUT2D eigenvalue weighted by Crippen LogP contribution is -2.58. The van der Waals surface area contributed by atoms with Crippen molar-refractivity contribution in [1.29, 1.82) is 10.8 Å². The fourth-order valence-corrected chi connectivity index (χ4v) is 14.0. The van der Waals surface area contributed by atoms with Crippen LogP contribution in [0.15, 0.2) is 143 Å². The van der Waals surface area contributed by atoms with Crippen LogP contribution in [0.5, 0.6) is 0 Å². The molecule has 656 valence electrons. The van der Waals surface area contributed by atoms with Crippen molar-refractivity contribution in [3.05, 3.63) is 150 Å². The van der Waals surface area contributed by atoms with Crippen molar-refractivity contribution >= 4 is 138 Å². The van der Waals surface area contributed by atoms with Crippen LogP contribution in [-0.2, 0) is 96.6 Å². The van der Waals surface area contributed by atoms with Gasteiger partial charge in [-0.1, -0.05) is 103 Å². The first kappa shape index (κ1) is 94.4. The third-order valence-electron chi connectivity index (χ3n) is 19.6. The molecule has 0 saturated carbocycles. The third kappa shape index (κ3) is 31.5. The number of amides is 13. The molecular formula is C80H100N22O20S. The normalized spacial score (nSPS) is 19.4. The topological polar surface area (TPSA) is 669 Å². The molecule has 42 nitrogen and oxygen atoms in total. The van der Waals surface area contributed by atoms with Crippen LogP contribution in [0.3, 0.4) is 0 Å². The number of rotatable bonds is 36. The average Bonchev–Trinajstić information content (AvgIpc) is 0.938. The maximum Gasteiger partial charge on any atom is 0.305 e. The predicted molar refractivity (Wildman–Crippen MR) is 442 cm³/mol. The number of hydrogen-bond donors (Lipinski definition) is 22. The minimum absolute atomic E-state index is 0.0275. The van der Waals surface area contributed by atoms with Crippen LogP contribution < -0.4 is 91.2 Å². The van der Waals surface area contributed by atoms with Gasteiger partial charge in [0.1, 0.15) is 54.4 Å². The van der Waals surface area contributed by atoms with E-state index in [4.69, 9.17) is 22.3 Å². The molecule has 2 fully saturated rings. The number of benzene rings is 5. The number of aliphatic carboxylic acids is 2. The Morgan fingerprint density at radius 3 is 1.35 bits per heavy atom. The molecule has 0 radical (unpaired) electrons. The second-order valence-electron chi connectivity index (χ2n) is 29.1. The summed E-state index contributed by atoms with van der Waals surface area (Å²) in [4.78, 5) is 211. The monoisotopic (exact) mass is 1720 g/mol. The van der Waals surface area contributed by atoms with Gasteiger partial charge in [0.15, 0.2) is 17.7 Å². The minimum atomic E-state index is -4.61. The van der Waals surface area contributed by atoms with Crippen molar-refractivity contribution in [3.8, 4) is 0 Å². The van der Waals surface area contributed by atoms with E-state index >= 15 is 0 Å². The summed E-state index contributed by atoms with van der Waals surface area (Å²) in [7, 11) is -4.61. The lowest BCUT2D eigenvalue weighted by Gasteiger charge is -2.26. The van der Waals surface area contributed by atoms with Crippen LogP contribution in [-0.4, -0.2) is 222 Å². The van der Waals surface area contributed by atoms with Gasteiger partial charge in [0.2, 0.25) is 70.9 Å². The van der Waals surface area contributed by atoms with Gasteiger partial charge in [0, 0.05) is 51.6 Å². The lowest BCUT2D eigenvalue weighted by molar-refractivity contribution is -0.141. The molecule has 24 N–H and O–H groups in total. The van der Waals surface area contributed by atoms with Gasteiger partial charge in [-0.15, -0.1) is 5.11 Å². The largest absolute Gasteiger partial charge is 0.481 e. The molecular weight excluding hydrogens is 1620 g/mol. The number of azo groups is 1. The molecule has 5 aromatic carbocycles. The summed E-state index contributed by atoms with van der Waals surface area (Å²) in [6.07, 6.45) is -2.01. The Morgan fingerprint density at radius 2 is 0.894 bits per heavy atom. The fraction of sp³-hybridized carbons (Fsp3) is 0.400. The molecule has 13 amide bonds. The number of carboxylic acids is 2. The van der Waals surface area contributed by atoms with Gasteiger partial charge in [0.05, 0.1) is 42.9 Å². The van der Waals surface area contributed by atoms with E-state index in [0.29, 0.717) is 11.1 Å². The third-order valence-corrected chi connectivity index (χ3v) is 20.6. The maximum atomic E-state index is 14.7. The lowest BCUT2D eigenvalue weighted by atomic mass is 10.00. The van der Waals surface area contributed by atoms with E-state index in [1.54, 1.807) is 48.5 Å². The van der Waals surface area contributed by atoms with Gasteiger partial charge in [-0.25, -0.2) is 4.98 Å². The van der Waals surface area contributed by atoms with E-state index in [-0.39, 0.29) is 145 Å². The Morgan fingerprint density at radius 1 is 0.480 bits per heavy atom. The fourth-order valence-electron chi connectivity index (χ4n) is 13.3. The number of fused-ring (bicyclic) bond motifs is 2. The highest BCUT2D eigenvalue weighted by atomic mass is 32.2. The molecule has 1 unspecified atom stereocenters. The maximum absolute atomic E-state index is 14.7. The van der Waals surface area contributed by atoms with E-state index in [1.807, 2.05) is 36.4 Å². The molecule has 8 rings (SSSR count). The number of carbonyl (C=O) groups excluding carboxylic acids is 13. The second-order valence-corrected chi connectivity index (χ2v) is 30.4. The number of nitrogens with two attached hydrogens (primary N) is 2. The zero-order valence-corrected chi connectivity index (χ0v) is 67.6. The van der Waals surface area contributed by atoms with Gasteiger partial charge in [-0.2, -0.15) is 13.5 Å². The Balaban J connectivity index is 0.989. The van der Waals surface area contributed by atoms with E-state index in [1.165, 1.54) is 36.4 Å². The summed E-state index contributed by atoms with van der Waals surface area (Å²) < 4.78 is 33.6. The number of guanidine groups is 2. The number of carbonyl (C=O) groups is 15. The van der Waals surface area contributed by atoms with E-state index < -0.39 is 190 Å². The molecule has 123 heavy (non-hydrogen) atoms. The molecule has 1 aromatic heterocycles. The minimum Gasteiger partial charge on any atom is -0.481 e. The van der Waals surface area contributed by atoms with Gasteiger partial charge in [-0.3, -0.25) is 87.3 Å².